The first-order chi connectivity index (χ1) is 13.2. The number of anilines is 3. The van der Waals surface area contributed by atoms with Crippen molar-refractivity contribution >= 4 is 40.7 Å². The summed E-state index contributed by atoms with van der Waals surface area (Å²) in [6.45, 7) is 8.87. The second kappa shape index (κ2) is 9.50. The first-order valence-electron chi connectivity index (χ1n) is 8.75. The summed E-state index contributed by atoms with van der Waals surface area (Å²) in [6.07, 6.45) is 1.72. The lowest BCUT2D eigenvalue weighted by atomic mass is 10.2. The third-order valence-electron chi connectivity index (χ3n) is 4.18. The van der Waals surface area contributed by atoms with Crippen molar-refractivity contribution in [3.63, 3.8) is 0 Å². The van der Waals surface area contributed by atoms with Crippen LogP contribution in [0.25, 0.3) is 4.91 Å². The Bertz CT molecular complexity index is 802. The molecular formula is C19H24N6OS. The van der Waals surface area contributed by atoms with E-state index in [0.29, 0.717) is 11.8 Å². The number of ether oxygens (including phenoxy) is 1. The number of aromatic nitrogens is 2. The van der Waals surface area contributed by atoms with E-state index in [1.807, 2.05) is 25.1 Å². The number of morpholine rings is 1. The molecule has 1 aliphatic rings. The number of nitrogens with one attached hydrogen (secondary N) is 1. The van der Waals surface area contributed by atoms with Gasteiger partial charge in [0.05, 0.1) is 29.5 Å². The van der Waals surface area contributed by atoms with Crippen LogP contribution in [0.4, 0.5) is 17.3 Å². The zero-order valence-electron chi connectivity index (χ0n) is 15.4. The number of hydrogen-bond acceptors (Lipinski definition) is 8. The van der Waals surface area contributed by atoms with Crippen molar-refractivity contribution < 1.29 is 4.74 Å². The van der Waals surface area contributed by atoms with Gasteiger partial charge in [-0.05, 0) is 44.0 Å². The highest BCUT2D eigenvalue weighted by molar-refractivity contribution is 8.08. The van der Waals surface area contributed by atoms with Crippen molar-refractivity contribution in [2.75, 3.05) is 42.4 Å². The van der Waals surface area contributed by atoms with Gasteiger partial charge >= 0.3 is 0 Å². The van der Waals surface area contributed by atoms with E-state index in [9.17, 15) is 0 Å². The number of nitrogens with two attached hydrogens (primary N) is 1. The fraction of sp³-hybridized carbons (Fsp3) is 0.316. The van der Waals surface area contributed by atoms with Crippen LogP contribution >= 0.6 is 11.8 Å². The lowest BCUT2D eigenvalue weighted by molar-refractivity contribution is 0.122. The van der Waals surface area contributed by atoms with Crippen LogP contribution in [0.15, 0.2) is 47.2 Å². The molecule has 1 aromatic heterocycles. The number of allylic oxidation sites excluding steroid dienone is 1. The van der Waals surface area contributed by atoms with Gasteiger partial charge in [0.2, 0.25) is 5.95 Å². The van der Waals surface area contributed by atoms with Crippen LogP contribution in [0.2, 0.25) is 0 Å². The monoisotopic (exact) mass is 384 g/mol. The van der Waals surface area contributed by atoms with Gasteiger partial charge in [-0.2, -0.15) is 0 Å². The van der Waals surface area contributed by atoms with E-state index in [1.54, 1.807) is 6.20 Å². The highest BCUT2D eigenvalue weighted by Crippen LogP contribution is 2.29. The van der Waals surface area contributed by atoms with Gasteiger partial charge < -0.3 is 20.7 Å². The zero-order chi connectivity index (χ0) is 19.1. The van der Waals surface area contributed by atoms with Crippen molar-refractivity contribution in [2.24, 2.45) is 10.7 Å². The Labute approximate surface area is 163 Å². The van der Waals surface area contributed by atoms with E-state index >= 15 is 0 Å². The van der Waals surface area contributed by atoms with E-state index in [0.717, 1.165) is 48.3 Å². The second-order valence-electron chi connectivity index (χ2n) is 5.92. The molecule has 27 heavy (non-hydrogen) atoms. The highest BCUT2D eigenvalue weighted by atomic mass is 32.2. The average molecular weight is 385 g/mol. The van der Waals surface area contributed by atoms with Gasteiger partial charge in [0.25, 0.3) is 0 Å². The number of thioether (sulfide) groups is 1. The van der Waals surface area contributed by atoms with Crippen LogP contribution in [0.1, 0.15) is 12.6 Å². The number of benzene rings is 1. The van der Waals surface area contributed by atoms with E-state index in [2.05, 4.69) is 44.0 Å². The summed E-state index contributed by atoms with van der Waals surface area (Å²) in [7, 11) is 0. The fourth-order valence-electron chi connectivity index (χ4n) is 2.77. The molecule has 2 aromatic rings. The maximum Gasteiger partial charge on any atom is 0.227 e. The Morgan fingerprint density at radius 3 is 2.70 bits per heavy atom. The average Bonchev–Trinajstić information content (AvgIpc) is 2.73. The summed E-state index contributed by atoms with van der Waals surface area (Å²) in [5.74, 6) is 0.969. The van der Waals surface area contributed by atoms with Crippen molar-refractivity contribution in [2.45, 2.75) is 6.92 Å². The van der Waals surface area contributed by atoms with Crippen LogP contribution in [-0.4, -0.2) is 48.9 Å². The molecule has 3 N–H and O–H groups in total. The van der Waals surface area contributed by atoms with E-state index < -0.39 is 0 Å². The lowest BCUT2D eigenvalue weighted by Crippen LogP contribution is -2.36. The topological polar surface area (TPSA) is 88.7 Å². The maximum absolute atomic E-state index is 5.69. The van der Waals surface area contributed by atoms with Gasteiger partial charge in [0, 0.05) is 36.5 Å². The molecule has 3 rings (SSSR count). The van der Waals surface area contributed by atoms with Crippen LogP contribution in [0.3, 0.4) is 0 Å². The molecule has 0 radical (unpaired) electrons. The van der Waals surface area contributed by atoms with Crippen molar-refractivity contribution in [3.05, 3.63) is 47.9 Å². The fourth-order valence-corrected chi connectivity index (χ4v) is 3.47. The van der Waals surface area contributed by atoms with Crippen molar-refractivity contribution in [1.29, 1.82) is 0 Å². The van der Waals surface area contributed by atoms with Gasteiger partial charge in [-0.25, -0.2) is 9.97 Å². The maximum atomic E-state index is 5.69. The van der Waals surface area contributed by atoms with Gasteiger partial charge in [0.15, 0.2) is 0 Å². The molecule has 0 atom stereocenters. The van der Waals surface area contributed by atoms with Crippen LogP contribution in [0.5, 0.6) is 0 Å². The van der Waals surface area contributed by atoms with Crippen molar-refractivity contribution in [3.8, 4) is 0 Å². The molecule has 0 unspecified atom stereocenters. The molecule has 0 saturated carbocycles. The predicted octanol–water partition coefficient (Wildman–Crippen LogP) is 3.10. The Morgan fingerprint density at radius 2 is 2.04 bits per heavy atom. The summed E-state index contributed by atoms with van der Waals surface area (Å²) >= 11 is 1.48. The SMILES string of the molecule is C=N/C(C)=C(\SCN)c1ccnc(Nc2ccc(N3CCOCC3)cc2)n1. The molecule has 1 aliphatic heterocycles. The minimum atomic E-state index is 0.442. The minimum absolute atomic E-state index is 0.442. The van der Waals surface area contributed by atoms with Gasteiger partial charge in [-0.1, -0.05) is 0 Å². The van der Waals surface area contributed by atoms with Crippen LogP contribution in [-0.2, 0) is 4.74 Å². The summed E-state index contributed by atoms with van der Waals surface area (Å²) in [5, 5.41) is 3.25. The predicted molar refractivity (Wildman–Crippen MR) is 114 cm³/mol. The molecule has 142 valence electrons. The van der Waals surface area contributed by atoms with Gasteiger partial charge in [-0.15, -0.1) is 11.8 Å². The van der Waals surface area contributed by atoms with E-state index in [4.69, 9.17) is 10.5 Å². The Balaban J connectivity index is 1.75. The third kappa shape index (κ3) is 5.06. The summed E-state index contributed by atoms with van der Waals surface area (Å²) < 4.78 is 5.40. The lowest BCUT2D eigenvalue weighted by Gasteiger charge is -2.28. The summed E-state index contributed by atoms with van der Waals surface area (Å²) in [5.41, 5.74) is 9.39. The standard InChI is InChI=1S/C19H24N6OS/c1-14(21-2)18(27-13-20)17-7-8-22-19(24-17)23-15-3-5-16(6-4-15)25-9-11-26-12-10-25/h3-8H,2,9-13,20H2,1H3,(H,22,23,24)/b18-14-. The Kier molecular flexibility index (Phi) is 6.80. The molecular weight excluding hydrogens is 360 g/mol. The minimum Gasteiger partial charge on any atom is -0.378 e. The van der Waals surface area contributed by atoms with Crippen LogP contribution < -0.4 is 16.0 Å². The van der Waals surface area contributed by atoms with Crippen LogP contribution in [0, 0.1) is 0 Å². The molecule has 1 fully saturated rings. The Morgan fingerprint density at radius 1 is 1.30 bits per heavy atom. The number of aliphatic imine (C=N–C) groups is 1. The summed E-state index contributed by atoms with van der Waals surface area (Å²) in [6, 6.07) is 10.1. The molecule has 0 spiro atoms. The van der Waals surface area contributed by atoms with Gasteiger partial charge in [0.1, 0.15) is 0 Å². The second-order valence-corrected chi connectivity index (χ2v) is 6.95. The van der Waals surface area contributed by atoms with E-state index in [1.165, 1.54) is 17.4 Å². The molecule has 0 amide bonds. The molecule has 0 aliphatic carbocycles. The molecule has 2 heterocycles. The zero-order valence-corrected chi connectivity index (χ0v) is 16.2. The van der Waals surface area contributed by atoms with Crippen molar-refractivity contribution in [1.82, 2.24) is 9.97 Å². The molecule has 1 saturated heterocycles. The smallest absolute Gasteiger partial charge is 0.227 e. The normalized spacial score (nSPS) is 15.3. The number of nitrogens with zero attached hydrogens (tertiary/aromatic N) is 4. The number of hydrogen-bond donors (Lipinski definition) is 2. The molecule has 7 nitrogen and oxygen atoms in total. The van der Waals surface area contributed by atoms with Gasteiger partial charge in [-0.3, -0.25) is 4.99 Å². The molecule has 0 bridgehead atoms. The highest BCUT2D eigenvalue weighted by Gasteiger charge is 2.12. The summed E-state index contributed by atoms with van der Waals surface area (Å²) in [4.78, 5) is 16.1. The number of rotatable bonds is 7. The quantitative estimate of drug-likeness (QED) is 0.560. The Hall–Kier alpha value is -2.42. The largest absolute Gasteiger partial charge is 0.378 e. The molecule has 1 aromatic carbocycles. The third-order valence-corrected chi connectivity index (χ3v) is 5.14. The molecule has 8 heteroatoms. The first-order valence-corrected chi connectivity index (χ1v) is 9.73. The van der Waals surface area contributed by atoms with E-state index in [-0.39, 0.29) is 0 Å². The first kappa shape index (κ1) is 19.3.